The summed E-state index contributed by atoms with van der Waals surface area (Å²) in [6.07, 6.45) is 1.24. The van der Waals surface area contributed by atoms with Crippen LogP contribution in [0.25, 0.3) is 10.2 Å². The summed E-state index contributed by atoms with van der Waals surface area (Å²) >= 11 is 3.69. The number of thiazole rings is 1. The van der Waals surface area contributed by atoms with Gasteiger partial charge in [0.15, 0.2) is 4.34 Å². The van der Waals surface area contributed by atoms with Crippen molar-refractivity contribution in [1.82, 2.24) is 4.98 Å². The van der Waals surface area contributed by atoms with Gasteiger partial charge in [0, 0.05) is 12.2 Å². The van der Waals surface area contributed by atoms with Crippen molar-refractivity contribution >= 4 is 33.3 Å². The number of thioether (sulfide) groups is 1. The van der Waals surface area contributed by atoms with E-state index in [0.29, 0.717) is 0 Å². The molecule has 1 aromatic carbocycles. The van der Waals surface area contributed by atoms with E-state index in [0.717, 1.165) is 15.8 Å². The highest BCUT2D eigenvalue weighted by molar-refractivity contribution is 8.01. The Kier molecular flexibility index (Phi) is 6.11. The summed E-state index contributed by atoms with van der Waals surface area (Å²) in [5, 5.41) is 0. The van der Waals surface area contributed by atoms with Gasteiger partial charge in [-0.2, -0.15) is 0 Å². The number of aromatic nitrogens is 1. The zero-order valence-electron chi connectivity index (χ0n) is 11.0. The molecule has 0 amide bonds. The first-order valence-corrected chi connectivity index (χ1v) is 7.64. The lowest BCUT2D eigenvalue weighted by atomic mass is 10.3. The maximum absolute atomic E-state index is 4.62. The Morgan fingerprint density at radius 1 is 1.22 bits per heavy atom. The van der Waals surface area contributed by atoms with Gasteiger partial charge in [-0.1, -0.05) is 23.9 Å². The quantitative estimate of drug-likeness (QED) is 0.444. The average molecular weight is 347 g/mol. The van der Waals surface area contributed by atoms with Crippen LogP contribution in [0.1, 0.15) is 6.42 Å². The van der Waals surface area contributed by atoms with E-state index >= 15 is 0 Å². The van der Waals surface area contributed by atoms with Crippen molar-refractivity contribution in [3.63, 3.8) is 0 Å². The molecule has 0 radical (unpaired) electrons. The van der Waals surface area contributed by atoms with Gasteiger partial charge >= 0.3 is 0 Å². The molecule has 1 heterocycles. The van der Waals surface area contributed by atoms with Crippen LogP contribution >= 0.6 is 23.1 Å². The predicted molar refractivity (Wildman–Crippen MR) is 77.9 cm³/mol. The second-order valence-corrected chi connectivity index (χ2v) is 7.54. The van der Waals surface area contributed by atoms with E-state index in [1.165, 1.54) is 22.0 Å². The van der Waals surface area contributed by atoms with Gasteiger partial charge in [-0.05, 0) is 12.1 Å². The van der Waals surface area contributed by atoms with Crippen molar-refractivity contribution in [3.05, 3.63) is 24.3 Å². The minimum Gasteiger partial charge on any atom is -1.00 e. The second kappa shape index (κ2) is 6.89. The molecule has 2 aromatic rings. The number of benzene rings is 1. The maximum atomic E-state index is 4.62. The average Bonchev–Trinajstić information content (AvgIpc) is 2.65. The Morgan fingerprint density at radius 2 is 1.94 bits per heavy atom. The minimum absolute atomic E-state index is 0. The van der Waals surface area contributed by atoms with Crippen LogP contribution in [0.2, 0.25) is 0 Å². The Balaban J connectivity index is 0.00000162. The molecule has 5 heteroatoms. The highest BCUT2D eigenvalue weighted by Gasteiger charge is 2.07. The third-order valence-electron chi connectivity index (χ3n) is 2.47. The van der Waals surface area contributed by atoms with Crippen molar-refractivity contribution in [1.29, 1.82) is 0 Å². The van der Waals surface area contributed by atoms with Gasteiger partial charge in [0.2, 0.25) is 0 Å². The summed E-state index contributed by atoms with van der Waals surface area (Å²) < 4.78 is 3.54. The molecule has 0 spiro atoms. The van der Waals surface area contributed by atoms with Gasteiger partial charge in [0.1, 0.15) is 0 Å². The largest absolute Gasteiger partial charge is 1.00 e. The summed E-state index contributed by atoms with van der Waals surface area (Å²) in [6.45, 7) is 1.22. The van der Waals surface area contributed by atoms with Gasteiger partial charge in [-0.25, -0.2) is 4.98 Å². The smallest absolute Gasteiger partial charge is 0.151 e. The van der Waals surface area contributed by atoms with Gasteiger partial charge in [0.05, 0.1) is 37.9 Å². The first-order valence-electron chi connectivity index (χ1n) is 5.83. The van der Waals surface area contributed by atoms with Gasteiger partial charge in [-0.3, -0.25) is 0 Å². The summed E-state index contributed by atoms with van der Waals surface area (Å²) in [4.78, 5) is 4.62. The highest BCUT2D eigenvalue weighted by atomic mass is 79.9. The van der Waals surface area contributed by atoms with Crippen LogP contribution < -0.4 is 17.0 Å². The van der Waals surface area contributed by atoms with Crippen LogP contribution in [0.3, 0.4) is 0 Å². The maximum Gasteiger partial charge on any atom is 0.151 e. The van der Waals surface area contributed by atoms with E-state index < -0.39 is 0 Å². The van der Waals surface area contributed by atoms with Crippen molar-refractivity contribution < 1.29 is 21.5 Å². The first kappa shape index (κ1) is 16.0. The summed E-state index contributed by atoms with van der Waals surface area (Å²) in [5.41, 5.74) is 1.13. The van der Waals surface area contributed by atoms with Crippen LogP contribution in [-0.2, 0) is 0 Å². The number of nitrogens with zero attached hydrogens (tertiary/aromatic N) is 2. The standard InChI is InChI=1S/C13H19N2S2.BrH/c1-15(2,3)9-6-10-16-13-14-11-7-4-5-8-12(11)17-13;/h4-5,7-8H,6,9-10H2,1-3H3;1H/q+1;/p-1. The van der Waals surface area contributed by atoms with E-state index in [2.05, 4.69) is 44.3 Å². The van der Waals surface area contributed by atoms with E-state index in [4.69, 9.17) is 0 Å². The molecular formula is C13H19BrN2S2. The Morgan fingerprint density at radius 3 is 2.61 bits per heavy atom. The summed E-state index contributed by atoms with van der Waals surface area (Å²) in [7, 11) is 6.72. The molecule has 2 rings (SSSR count). The molecule has 2 nitrogen and oxygen atoms in total. The number of hydrogen-bond donors (Lipinski definition) is 0. The van der Waals surface area contributed by atoms with Crippen molar-refractivity contribution in [3.8, 4) is 0 Å². The number of hydrogen-bond acceptors (Lipinski definition) is 3. The van der Waals surface area contributed by atoms with E-state index in [1.54, 1.807) is 11.3 Å². The van der Waals surface area contributed by atoms with E-state index in [9.17, 15) is 0 Å². The summed E-state index contributed by atoms with van der Waals surface area (Å²) in [6, 6.07) is 8.35. The molecular weight excluding hydrogens is 328 g/mol. The zero-order chi connectivity index (χ0) is 12.3. The molecule has 18 heavy (non-hydrogen) atoms. The number of fused-ring (bicyclic) bond motifs is 1. The lowest BCUT2D eigenvalue weighted by Gasteiger charge is -2.23. The second-order valence-electron chi connectivity index (χ2n) is 5.16. The molecule has 0 unspecified atom stereocenters. The zero-order valence-corrected chi connectivity index (χ0v) is 14.2. The van der Waals surface area contributed by atoms with Crippen molar-refractivity contribution in [2.75, 3.05) is 33.4 Å². The number of para-hydroxylation sites is 1. The number of rotatable bonds is 5. The van der Waals surface area contributed by atoms with Crippen LogP contribution in [0.15, 0.2) is 28.6 Å². The monoisotopic (exact) mass is 346 g/mol. The Bertz CT molecular complexity index is 458. The molecule has 0 aliphatic heterocycles. The van der Waals surface area contributed by atoms with Gasteiger partial charge < -0.3 is 21.5 Å². The lowest BCUT2D eigenvalue weighted by Crippen LogP contribution is -3.00. The SMILES string of the molecule is C[N+](C)(C)CCCSc1nc2ccccc2s1.[Br-]. The predicted octanol–water partition coefficient (Wildman–Crippen LogP) is 0.489. The lowest BCUT2D eigenvalue weighted by molar-refractivity contribution is -0.870. The van der Waals surface area contributed by atoms with Crippen LogP contribution in [0.5, 0.6) is 0 Å². The molecule has 100 valence electrons. The Hall–Kier alpha value is -0.100. The van der Waals surface area contributed by atoms with E-state index in [1.807, 2.05) is 17.8 Å². The summed E-state index contributed by atoms with van der Waals surface area (Å²) in [5.74, 6) is 1.16. The fourth-order valence-corrected chi connectivity index (χ4v) is 3.67. The topological polar surface area (TPSA) is 12.9 Å². The first-order chi connectivity index (χ1) is 8.04. The van der Waals surface area contributed by atoms with Gasteiger partial charge in [0.25, 0.3) is 0 Å². The van der Waals surface area contributed by atoms with Crippen LogP contribution in [0, 0.1) is 0 Å². The van der Waals surface area contributed by atoms with Crippen LogP contribution in [0.4, 0.5) is 0 Å². The molecule has 0 saturated carbocycles. The molecule has 0 N–H and O–H groups in total. The fourth-order valence-electron chi connectivity index (χ4n) is 1.61. The van der Waals surface area contributed by atoms with Crippen molar-refractivity contribution in [2.24, 2.45) is 0 Å². The molecule has 0 aliphatic rings. The molecule has 0 fully saturated rings. The fraction of sp³-hybridized carbons (Fsp3) is 0.462. The highest BCUT2D eigenvalue weighted by Crippen LogP contribution is 2.29. The molecule has 1 aromatic heterocycles. The number of quaternary nitrogens is 1. The third-order valence-corrected chi connectivity index (χ3v) is 4.74. The minimum atomic E-state index is 0. The third kappa shape index (κ3) is 4.88. The number of halogens is 1. The van der Waals surface area contributed by atoms with E-state index in [-0.39, 0.29) is 17.0 Å². The van der Waals surface area contributed by atoms with Crippen molar-refractivity contribution in [2.45, 2.75) is 10.8 Å². The van der Waals surface area contributed by atoms with Crippen LogP contribution in [-0.4, -0.2) is 42.9 Å². The normalized spacial score (nSPS) is 11.5. The molecule has 0 saturated heterocycles. The molecule has 0 bridgehead atoms. The Labute approximate surface area is 128 Å². The van der Waals surface area contributed by atoms with Gasteiger partial charge in [-0.15, -0.1) is 11.3 Å². The molecule has 0 atom stereocenters. The molecule has 0 aliphatic carbocycles.